The molecular weight excluding hydrogens is 358 g/mol. The molecule has 3 rings (SSSR count). The van der Waals surface area contributed by atoms with Crippen molar-refractivity contribution in [2.24, 2.45) is 12.2 Å². The number of sulfone groups is 1. The van der Waals surface area contributed by atoms with Crippen molar-refractivity contribution < 1.29 is 18.0 Å². The third-order valence-corrected chi connectivity index (χ3v) is 5.50. The zero-order valence-electron chi connectivity index (χ0n) is 14.9. The molecule has 0 radical (unpaired) electrons. The van der Waals surface area contributed by atoms with Crippen LogP contribution in [-0.4, -0.2) is 42.1 Å². The van der Waals surface area contributed by atoms with E-state index in [4.69, 9.17) is 4.84 Å². The van der Waals surface area contributed by atoms with Crippen LogP contribution >= 0.6 is 0 Å². The molecule has 0 saturated carbocycles. The minimum absolute atomic E-state index is 0.00775. The standard InChI is InChI=1S/C17H19N3O5S/c1-9-7-13(19-25-9)15-10(2)11(5-6-14(15)26(4,23)24)16(21)12-8-18-20(3)17(12)22/h5-6,8-9,18H,7H2,1-4H3. The van der Waals surface area contributed by atoms with Gasteiger partial charge in [0.05, 0.1) is 10.6 Å². The topological polar surface area (TPSA) is 111 Å². The highest BCUT2D eigenvalue weighted by atomic mass is 32.2. The van der Waals surface area contributed by atoms with Gasteiger partial charge in [-0.1, -0.05) is 5.16 Å². The van der Waals surface area contributed by atoms with E-state index >= 15 is 0 Å². The van der Waals surface area contributed by atoms with Crippen LogP contribution in [0.25, 0.3) is 0 Å². The number of oxime groups is 1. The summed E-state index contributed by atoms with van der Waals surface area (Å²) in [6, 6.07) is 2.82. The van der Waals surface area contributed by atoms with Gasteiger partial charge in [-0.3, -0.25) is 14.3 Å². The molecular formula is C17H19N3O5S. The normalized spacial score (nSPS) is 17.1. The van der Waals surface area contributed by atoms with Crippen LogP contribution in [0.3, 0.4) is 0 Å². The molecule has 0 bridgehead atoms. The van der Waals surface area contributed by atoms with Gasteiger partial charge in [0, 0.05) is 37.0 Å². The van der Waals surface area contributed by atoms with Crippen LogP contribution in [0, 0.1) is 6.92 Å². The first kappa shape index (κ1) is 18.1. The molecule has 1 aliphatic heterocycles. The van der Waals surface area contributed by atoms with Gasteiger partial charge in [-0.15, -0.1) is 0 Å². The Morgan fingerprint density at radius 2 is 2.04 bits per heavy atom. The summed E-state index contributed by atoms with van der Waals surface area (Å²) in [6.07, 6.45) is 2.71. The summed E-state index contributed by atoms with van der Waals surface area (Å²) >= 11 is 0. The van der Waals surface area contributed by atoms with Crippen molar-refractivity contribution in [3.05, 3.63) is 50.9 Å². The second-order valence-electron chi connectivity index (χ2n) is 6.42. The largest absolute Gasteiger partial charge is 0.392 e. The molecule has 0 saturated heterocycles. The van der Waals surface area contributed by atoms with Crippen LogP contribution in [0.4, 0.5) is 0 Å². The van der Waals surface area contributed by atoms with Gasteiger partial charge in [-0.25, -0.2) is 8.42 Å². The van der Waals surface area contributed by atoms with Crippen molar-refractivity contribution in [1.82, 2.24) is 9.78 Å². The Hall–Kier alpha value is -2.68. The molecule has 1 aromatic carbocycles. The first-order chi connectivity index (χ1) is 12.1. The number of benzene rings is 1. The highest BCUT2D eigenvalue weighted by Crippen LogP contribution is 2.28. The van der Waals surface area contributed by atoms with Gasteiger partial charge in [0.25, 0.3) is 5.56 Å². The fourth-order valence-corrected chi connectivity index (χ4v) is 3.98. The molecule has 8 nitrogen and oxygen atoms in total. The molecule has 2 heterocycles. The summed E-state index contributed by atoms with van der Waals surface area (Å²) in [7, 11) is -2.03. The number of aromatic nitrogens is 2. The predicted octanol–water partition coefficient (Wildman–Crippen LogP) is 1.17. The van der Waals surface area contributed by atoms with Gasteiger partial charge in [0.2, 0.25) is 0 Å². The highest BCUT2D eigenvalue weighted by Gasteiger charge is 2.28. The molecule has 2 aromatic rings. The van der Waals surface area contributed by atoms with Gasteiger partial charge in [-0.05, 0) is 31.5 Å². The Balaban J connectivity index is 2.22. The van der Waals surface area contributed by atoms with E-state index in [-0.39, 0.29) is 22.1 Å². The van der Waals surface area contributed by atoms with E-state index in [9.17, 15) is 18.0 Å². The molecule has 26 heavy (non-hydrogen) atoms. The Morgan fingerprint density at radius 1 is 1.35 bits per heavy atom. The van der Waals surface area contributed by atoms with Gasteiger partial charge in [0.15, 0.2) is 15.6 Å². The zero-order chi connectivity index (χ0) is 19.2. The first-order valence-electron chi connectivity index (χ1n) is 7.97. The van der Waals surface area contributed by atoms with Crippen LogP contribution in [0.15, 0.2) is 33.2 Å². The Labute approximate surface area is 150 Å². The third kappa shape index (κ3) is 2.98. The Bertz CT molecular complexity index is 1090. The Morgan fingerprint density at radius 3 is 2.54 bits per heavy atom. The van der Waals surface area contributed by atoms with E-state index < -0.39 is 21.2 Å². The molecule has 1 atom stereocenters. The molecule has 138 valence electrons. The zero-order valence-corrected chi connectivity index (χ0v) is 15.7. The summed E-state index contributed by atoms with van der Waals surface area (Å²) in [5, 5.41) is 6.65. The van der Waals surface area contributed by atoms with Crippen molar-refractivity contribution in [2.45, 2.75) is 31.3 Å². The van der Waals surface area contributed by atoms with Crippen molar-refractivity contribution >= 4 is 21.3 Å². The lowest BCUT2D eigenvalue weighted by atomic mass is 9.93. The summed E-state index contributed by atoms with van der Waals surface area (Å²) in [5.74, 6) is -0.474. The van der Waals surface area contributed by atoms with E-state index in [1.165, 1.54) is 30.1 Å². The van der Waals surface area contributed by atoms with Crippen LogP contribution in [-0.2, 0) is 21.7 Å². The van der Waals surface area contributed by atoms with Crippen LogP contribution in [0.1, 0.15) is 40.4 Å². The second-order valence-corrected chi connectivity index (χ2v) is 8.41. The molecule has 9 heteroatoms. The lowest BCUT2D eigenvalue weighted by molar-refractivity contribution is 0.0995. The van der Waals surface area contributed by atoms with E-state index in [2.05, 4.69) is 10.3 Å². The summed E-state index contributed by atoms with van der Waals surface area (Å²) in [5.41, 5.74) is 1.11. The molecule has 1 aliphatic rings. The van der Waals surface area contributed by atoms with Crippen molar-refractivity contribution in [1.29, 1.82) is 0 Å². The van der Waals surface area contributed by atoms with E-state index in [0.717, 1.165) is 6.26 Å². The van der Waals surface area contributed by atoms with E-state index in [0.29, 0.717) is 23.3 Å². The number of aromatic amines is 1. The number of hydrogen-bond donors (Lipinski definition) is 1. The van der Waals surface area contributed by atoms with Crippen molar-refractivity contribution in [3.8, 4) is 0 Å². The number of hydrogen-bond acceptors (Lipinski definition) is 6. The molecule has 1 unspecified atom stereocenters. The molecule has 1 aromatic heterocycles. The molecule has 0 fully saturated rings. The van der Waals surface area contributed by atoms with Gasteiger partial charge < -0.3 is 9.94 Å². The van der Waals surface area contributed by atoms with Crippen molar-refractivity contribution in [2.75, 3.05) is 6.26 Å². The van der Waals surface area contributed by atoms with E-state index in [1.54, 1.807) is 6.92 Å². The fourth-order valence-electron chi connectivity index (χ4n) is 3.02. The number of carbonyl (C=O) groups excluding carboxylic acids is 1. The van der Waals surface area contributed by atoms with Crippen LogP contribution in [0.5, 0.6) is 0 Å². The lowest BCUT2D eigenvalue weighted by Crippen LogP contribution is -2.21. The predicted molar refractivity (Wildman–Crippen MR) is 95.5 cm³/mol. The maximum Gasteiger partial charge on any atom is 0.277 e. The quantitative estimate of drug-likeness (QED) is 0.804. The number of aryl methyl sites for hydroxylation is 1. The maximum atomic E-state index is 12.8. The Kier molecular flexibility index (Phi) is 4.35. The van der Waals surface area contributed by atoms with Crippen LogP contribution in [0.2, 0.25) is 0 Å². The average molecular weight is 377 g/mol. The maximum absolute atomic E-state index is 12.8. The second kappa shape index (κ2) is 6.24. The average Bonchev–Trinajstić information content (AvgIpc) is 3.12. The number of rotatable bonds is 4. The number of nitrogens with zero attached hydrogens (tertiary/aromatic N) is 2. The number of carbonyl (C=O) groups is 1. The first-order valence-corrected chi connectivity index (χ1v) is 9.86. The SMILES string of the molecule is Cc1c(C(=O)c2c[nH]n(C)c2=O)ccc(S(C)(=O)=O)c1C1=NOC(C)C1. The monoisotopic (exact) mass is 377 g/mol. The van der Waals surface area contributed by atoms with Gasteiger partial charge in [-0.2, -0.15) is 0 Å². The summed E-state index contributed by atoms with van der Waals surface area (Å²) < 4.78 is 25.6. The molecule has 1 N–H and O–H groups in total. The van der Waals surface area contributed by atoms with Crippen molar-refractivity contribution in [3.63, 3.8) is 0 Å². The smallest absolute Gasteiger partial charge is 0.277 e. The molecule has 0 aliphatic carbocycles. The molecule has 0 spiro atoms. The third-order valence-electron chi connectivity index (χ3n) is 4.37. The van der Waals surface area contributed by atoms with Gasteiger partial charge in [0.1, 0.15) is 11.7 Å². The minimum Gasteiger partial charge on any atom is -0.392 e. The fraction of sp³-hybridized carbons (Fsp3) is 0.353. The van der Waals surface area contributed by atoms with Crippen LogP contribution < -0.4 is 5.56 Å². The lowest BCUT2D eigenvalue weighted by Gasteiger charge is -2.14. The number of nitrogens with one attached hydrogen (secondary N) is 1. The summed E-state index contributed by atoms with van der Waals surface area (Å²) in [4.78, 5) is 30.2. The highest BCUT2D eigenvalue weighted by molar-refractivity contribution is 7.90. The summed E-state index contributed by atoms with van der Waals surface area (Å²) in [6.45, 7) is 3.48. The van der Waals surface area contributed by atoms with Gasteiger partial charge >= 0.3 is 0 Å². The van der Waals surface area contributed by atoms with E-state index in [1.807, 2.05) is 6.92 Å². The minimum atomic E-state index is -3.54. The number of ketones is 1. The number of H-pyrrole nitrogens is 1. The molecule has 0 amide bonds.